The van der Waals surface area contributed by atoms with Crippen LogP contribution in [-0.2, 0) is 10.0 Å². The quantitative estimate of drug-likeness (QED) is 0.438. The Balaban J connectivity index is 1.58. The van der Waals surface area contributed by atoms with E-state index in [0.717, 1.165) is 0 Å². The summed E-state index contributed by atoms with van der Waals surface area (Å²) >= 11 is 0. The van der Waals surface area contributed by atoms with Crippen molar-refractivity contribution in [1.29, 1.82) is 0 Å². The highest BCUT2D eigenvalue weighted by Gasteiger charge is 2.15. The molecule has 0 aliphatic rings. The molecule has 0 bridgehead atoms. The van der Waals surface area contributed by atoms with Crippen LogP contribution in [0.25, 0.3) is 17.1 Å². The number of pyridine rings is 1. The largest absolute Gasteiger partial charge is 0.497 e. The molecule has 0 saturated heterocycles. The van der Waals surface area contributed by atoms with E-state index in [1.807, 2.05) is 0 Å². The van der Waals surface area contributed by atoms with Crippen molar-refractivity contribution in [2.75, 3.05) is 11.8 Å². The number of nitrogens with one attached hydrogen (secondary N) is 1. The predicted octanol–water partition coefficient (Wildman–Crippen LogP) is 2.84. The van der Waals surface area contributed by atoms with Gasteiger partial charge in [-0.25, -0.2) is 17.9 Å². The van der Waals surface area contributed by atoms with Gasteiger partial charge in [0, 0.05) is 6.20 Å². The van der Waals surface area contributed by atoms with Crippen LogP contribution in [-0.4, -0.2) is 46.6 Å². The Labute approximate surface area is 183 Å². The van der Waals surface area contributed by atoms with E-state index in [1.165, 1.54) is 42.3 Å². The molecule has 0 saturated carbocycles. The van der Waals surface area contributed by atoms with Gasteiger partial charge in [-0.3, -0.25) is 9.71 Å². The summed E-state index contributed by atoms with van der Waals surface area (Å²) in [6.45, 7) is 0. The van der Waals surface area contributed by atoms with Crippen molar-refractivity contribution < 1.29 is 23.1 Å². The van der Waals surface area contributed by atoms with Crippen molar-refractivity contribution >= 4 is 21.7 Å². The van der Waals surface area contributed by atoms with E-state index in [1.54, 1.807) is 42.6 Å². The number of ether oxygens (including phenoxy) is 1. The number of aromatic carboxylic acids is 1. The lowest BCUT2D eigenvalue weighted by Crippen LogP contribution is -2.13. The number of carboxylic acid groups (broad SMARTS) is 1. The van der Waals surface area contributed by atoms with Gasteiger partial charge in [0.05, 0.1) is 40.8 Å². The van der Waals surface area contributed by atoms with Crippen molar-refractivity contribution in [3.63, 3.8) is 0 Å². The molecule has 0 radical (unpaired) electrons. The second kappa shape index (κ2) is 8.47. The fraction of sp³-hybridized carbons (Fsp3) is 0.0476. The van der Waals surface area contributed by atoms with E-state index < -0.39 is 16.0 Å². The molecule has 162 valence electrons. The molecule has 0 atom stereocenters. The molecule has 4 rings (SSSR count). The number of rotatable bonds is 7. The highest BCUT2D eigenvalue weighted by molar-refractivity contribution is 7.92. The van der Waals surface area contributed by atoms with Crippen molar-refractivity contribution in [1.82, 2.24) is 20.0 Å². The van der Waals surface area contributed by atoms with Crippen LogP contribution in [0.4, 0.5) is 5.69 Å². The van der Waals surface area contributed by atoms with E-state index in [4.69, 9.17) is 9.84 Å². The molecule has 0 unspecified atom stereocenters. The Kier molecular flexibility index (Phi) is 5.56. The first-order valence-electron chi connectivity index (χ1n) is 9.25. The first kappa shape index (κ1) is 21.0. The molecule has 32 heavy (non-hydrogen) atoms. The molecule has 0 fully saturated rings. The minimum atomic E-state index is -3.80. The van der Waals surface area contributed by atoms with Gasteiger partial charge in [-0.15, -0.1) is 5.10 Å². The Morgan fingerprint density at radius 2 is 1.84 bits per heavy atom. The van der Waals surface area contributed by atoms with Crippen molar-refractivity contribution in [2.45, 2.75) is 4.90 Å². The first-order valence-corrected chi connectivity index (χ1v) is 10.7. The molecule has 2 heterocycles. The minimum absolute atomic E-state index is 0.0829. The Hall–Kier alpha value is -4.25. The number of benzene rings is 2. The summed E-state index contributed by atoms with van der Waals surface area (Å²) in [5.74, 6) is -0.519. The van der Waals surface area contributed by atoms with Gasteiger partial charge in [0.15, 0.2) is 0 Å². The number of sulfonamides is 1. The number of hydrogen-bond acceptors (Lipinski definition) is 7. The maximum atomic E-state index is 12.7. The number of carboxylic acids is 1. The number of methoxy groups -OCH3 is 1. The summed E-state index contributed by atoms with van der Waals surface area (Å²) in [6.07, 6.45) is 2.96. The van der Waals surface area contributed by atoms with E-state index in [9.17, 15) is 13.2 Å². The summed E-state index contributed by atoms with van der Waals surface area (Å²) < 4.78 is 34.4. The molecule has 0 aliphatic heterocycles. The molecular formula is C21H17N5O5S. The van der Waals surface area contributed by atoms with Gasteiger partial charge in [-0.2, -0.15) is 0 Å². The number of anilines is 1. The SMILES string of the molecule is COc1ccc(S(=O)(=O)Nc2cccc(-n3cc(-c4cc(C(=O)O)ccn4)nn3)c2)cc1. The van der Waals surface area contributed by atoms with Gasteiger partial charge in [0.1, 0.15) is 11.4 Å². The lowest BCUT2D eigenvalue weighted by Gasteiger charge is -2.10. The maximum Gasteiger partial charge on any atom is 0.335 e. The third-order valence-corrected chi connectivity index (χ3v) is 5.89. The molecule has 0 spiro atoms. The van der Waals surface area contributed by atoms with Crippen LogP contribution in [0.15, 0.2) is 78.0 Å². The van der Waals surface area contributed by atoms with Crippen LogP contribution in [0.1, 0.15) is 10.4 Å². The normalized spacial score (nSPS) is 11.2. The van der Waals surface area contributed by atoms with Crippen molar-refractivity contribution in [3.05, 3.63) is 78.6 Å². The Bertz CT molecular complexity index is 1380. The van der Waals surface area contributed by atoms with Gasteiger partial charge in [-0.05, 0) is 54.6 Å². The maximum absolute atomic E-state index is 12.7. The monoisotopic (exact) mass is 451 g/mol. The van der Waals surface area contributed by atoms with Crippen LogP contribution in [0.3, 0.4) is 0 Å². The van der Waals surface area contributed by atoms with Gasteiger partial charge in [-0.1, -0.05) is 11.3 Å². The lowest BCUT2D eigenvalue weighted by atomic mass is 10.2. The Morgan fingerprint density at radius 3 is 2.56 bits per heavy atom. The summed E-state index contributed by atoms with van der Waals surface area (Å²) in [5.41, 5.74) is 1.69. The molecule has 10 nitrogen and oxygen atoms in total. The third kappa shape index (κ3) is 4.42. The first-order chi connectivity index (χ1) is 15.4. The van der Waals surface area contributed by atoms with E-state index >= 15 is 0 Å². The average molecular weight is 451 g/mol. The van der Waals surface area contributed by atoms with Gasteiger partial charge in [0.25, 0.3) is 10.0 Å². The van der Waals surface area contributed by atoms with Gasteiger partial charge >= 0.3 is 5.97 Å². The number of hydrogen-bond donors (Lipinski definition) is 2. The van der Waals surface area contributed by atoms with Crippen LogP contribution >= 0.6 is 0 Å². The lowest BCUT2D eigenvalue weighted by molar-refractivity contribution is 0.0696. The molecule has 11 heteroatoms. The summed E-state index contributed by atoms with van der Waals surface area (Å²) in [4.78, 5) is 15.4. The molecule has 0 amide bonds. The average Bonchev–Trinajstić information content (AvgIpc) is 3.29. The van der Waals surface area contributed by atoms with Crippen LogP contribution in [0.2, 0.25) is 0 Å². The highest BCUT2D eigenvalue weighted by atomic mass is 32.2. The predicted molar refractivity (Wildman–Crippen MR) is 115 cm³/mol. The van der Waals surface area contributed by atoms with Gasteiger partial charge < -0.3 is 9.84 Å². The summed E-state index contributed by atoms with van der Waals surface area (Å²) in [7, 11) is -2.30. The zero-order valence-electron chi connectivity index (χ0n) is 16.7. The molecule has 2 N–H and O–H groups in total. The number of nitrogens with zero attached hydrogens (tertiary/aromatic N) is 4. The Morgan fingerprint density at radius 1 is 1.06 bits per heavy atom. The molecule has 4 aromatic rings. The van der Waals surface area contributed by atoms with E-state index in [-0.39, 0.29) is 10.5 Å². The summed E-state index contributed by atoms with van der Waals surface area (Å²) in [6, 6.07) is 15.4. The molecule has 2 aromatic carbocycles. The topological polar surface area (TPSA) is 136 Å². The molecule has 2 aromatic heterocycles. The number of aromatic nitrogens is 4. The smallest absolute Gasteiger partial charge is 0.335 e. The van der Waals surface area contributed by atoms with Crippen LogP contribution in [0, 0.1) is 0 Å². The zero-order valence-corrected chi connectivity index (χ0v) is 17.5. The fourth-order valence-corrected chi connectivity index (χ4v) is 3.94. The second-order valence-electron chi connectivity index (χ2n) is 6.61. The van der Waals surface area contributed by atoms with Crippen LogP contribution in [0.5, 0.6) is 5.75 Å². The van der Waals surface area contributed by atoms with E-state index in [2.05, 4.69) is 20.0 Å². The van der Waals surface area contributed by atoms with Crippen molar-refractivity contribution in [2.24, 2.45) is 0 Å². The summed E-state index contributed by atoms with van der Waals surface area (Å²) in [5, 5.41) is 17.2. The zero-order chi connectivity index (χ0) is 22.7. The molecule has 0 aliphatic carbocycles. The van der Waals surface area contributed by atoms with E-state index in [0.29, 0.717) is 28.5 Å². The second-order valence-corrected chi connectivity index (χ2v) is 8.30. The van der Waals surface area contributed by atoms with Crippen LogP contribution < -0.4 is 9.46 Å². The van der Waals surface area contributed by atoms with Crippen molar-refractivity contribution in [3.8, 4) is 22.8 Å². The third-order valence-electron chi connectivity index (χ3n) is 4.50. The highest BCUT2D eigenvalue weighted by Crippen LogP contribution is 2.22. The minimum Gasteiger partial charge on any atom is -0.497 e. The fourth-order valence-electron chi connectivity index (χ4n) is 2.89. The van der Waals surface area contributed by atoms with Gasteiger partial charge in [0.2, 0.25) is 0 Å². The standard InChI is InChI=1S/C21H17N5O5S/c1-31-17-5-7-18(8-6-17)32(29,30)24-15-3-2-4-16(12-15)26-13-20(23-25-26)19-11-14(21(27)28)9-10-22-19/h2-13,24H,1H3,(H,27,28). The molecular weight excluding hydrogens is 434 g/mol. The number of carbonyl (C=O) groups is 1.